The van der Waals surface area contributed by atoms with E-state index in [-0.39, 0.29) is 6.04 Å². The minimum absolute atomic E-state index is 0.191. The smallest absolute Gasteiger partial charge is 0.408 e. The van der Waals surface area contributed by atoms with E-state index in [9.17, 15) is 4.79 Å². The zero-order valence-corrected chi connectivity index (χ0v) is 14.4. The Morgan fingerprint density at radius 3 is 2.79 bits per heavy atom. The molecule has 3 rings (SSSR count). The van der Waals surface area contributed by atoms with Crippen molar-refractivity contribution in [3.63, 3.8) is 0 Å². The quantitative estimate of drug-likeness (QED) is 0.804. The average Bonchev–Trinajstić information content (AvgIpc) is 3.00. The fourth-order valence-corrected chi connectivity index (χ4v) is 3.16. The molecule has 1 unspecified atom stereocenters. The molecular weight excluding hydrogens is 306 g/mol. The fourth-order valence-electron chi connectivity index (χ4n) is 3.16. The van der Waals surface area contributed by atoms with E-state index in [2.05, 4.69) is 25.6 Å². The number of nitrogens with one attached hydrogen (secondary N) is 3. The lowest BCUT2D eigenvalue weighted by atomic mass is 9.87. The van der Waals surface area contributed by atoms with E-state index in [1.165, 1.54) is 0 Å². The third-order valence-corrected chi connectivity index (χ3v) is 4.21. The van der Waals surface area contributed by atoms with Crippen molar-refractivity contribution in [3.05, 3.63) is 24.3 Å². The molecule has 0 bridgehead atoms. The van der Waals surface area contributed by atoms with E-state index in [0.717, 1.165) is 42.7 Å². The number of piperidine rings is 1. The van der Waals surface area contributed by atoms with Crippen molar-refractivity contribution in [2.75, 3.05) is 13.1 Å². The molecule has 0 spiro atoms. The van der Waals surface area contributed by atoms with E-state index in [0.29, 0.717) is 5.92 Å². The molecule has 1 amide bonds. The van der Waals surface area contributed by atoms with Gasteiger partial charge >= 0.3 is 6.09 Å². The van der Waals surface area contributed by atoms with Crippen LogP contribution >= 0.6 is 0 Å². The molecule has 1 atom stereocenters. The zero-order chi connectivity index (χ0) is 17.2. The molecule has 0 aromatic carbocycles. The molecule has 1 fully saturated rings. The molecule has 0 aliphatic carbocycles. The summed E-state index contributed by atoms with van der Waals surface area (Å²) in [6, 6.07) is 1.76. The third-order valence-electron chi connectivity index (χ3n) is 4.21. The monoisotopic (exact) mass is 331 g/mol. The van der Waals surface area contributed by atoms with Crippen LogP contribution in [0.2, 0.25) is 0 Å². The van der Waals surface area contributed by atoms with Gasteiger partial charge < -0.3 is 20.4 Å². The van der Waals surface area contributed by atoms with E-state index in [1.807, 2.05) is 33.0 Å². The molecule has 1 saturated heterocycles. The molecule has 0 saturated carbocycles. The van der Waals surface area contributed by atoms with Gasteiger partial charge in [-0.15, -0.1) is 0 Å². The van der Waals surface area contributed by atoms with Crippen LogP contribution in [-0.2, 0) is 4.74 Å². The lowest BCUT2D eigenvalue weighted by molar-refractivity contribution is 0.0476. The Labute approximate surface area is 141 Å². The zero-order valence-electron chi connectivity index (χ0n) is 14.4. The summed E-state index contributed by atoms with van der Waals surface area (Å²) in [6.07, 6.45) is 4.94. The van der Waals surface area contributed by atoms with Gasteiger partial charge in [0.15, 0.2) is 0 Å². The van der Waals surface area contributed by atoms with E-state index >= 15 is 0 Å². The first-order chi connectivity index (χ1) is 11.4. The standard InChI is InChI=1S/C17H25N5O2/c1-17(2,3)24-16(23)22-13(11-4-7-18-8-5-11)14-12-6-9-19-15(12)21-10-20-14/h6,9-11,13,18H,4-5,7-8H2,1-3H3,(H,22,23)(H,19,20,21). The van der Waals surface area contributed by atoms with Crippen LogP contribution in [0.4, 0.5) is 4.79 Å². The van der Waals surface area contributed by atoms with Crippen LogP contribution in [0.15, 0.2) is 18.6 Å². The second-order valence-electron chi connectivity index (χ2n) is 7.21. The van der Waals surface area contributed by atoms with Crippen LogP contribution in [0.1, 0.15) is 45.3 Å². The molecule has 1 aliphatic rings. The second kappa shape index (κ2) is 6.76. The molecule has 130 valence electrons. The van der Waals surface area contributed by atoms with Crippen molar-refractivity contribution in [2.45, 2.75) is 45.3 Å². The summed E-state index contributed by atoms with van der Waals surface area (Å²) in [4.78, 5) is 24.2. The minimum atomic E-state index is -0.530. The topological polar surface area (TPSA) is 91.9 Å². The third kappa shape index (κ3) is 3.84. The van der Waals surface area contributed by atoms with Gasteiger partial charge in [-0.25, -0.2) is 14.8 Å². The Morgan fingerprint density at radius 2 is 2.08 bits per heavy atom. The number of aromatic nitrogens is 3. The van der Waals surface area contributed by atoms with Crippen LogP contribution in [0.3, 0.4) is 0 Å². The van der Waals surface area contributed by atoms with E-state index in [4.69, 9.17) is 4.74 Å². The van der Waals surface area contributed by atoms with Gasteiger partial charge in [0.25, 0.3) is 0 Å². The highest BCUT2D eigenvalue weighted by Crippen LogP contribution is 2.31. The summed E-state index contributed by atoms with van der Waals surface area (Å²) >= 11 is 0. The Balaban J connectivity index is 1.90. The number of hydrogen-bond donors (Lipinski definition) is 3. The molecule has 3 N–H and O–H groups in total. The number of ether oxygens (including phenoxy) is 1. The molecule has 7 heteroatoms. The van der Waals surface area contributed by atoms with Gasteiger partial charge in [-0.2, -0.15) is 0 Å². The molecule has 1 aliphatic heterocycles. The lowest BCUT2D eigenvalue weighted by Gasteiger charge is -2.32. The van der Waals surface area contributed by atoms with Crippen LogP contribution in [-0.4, -0.2) is 39.7 Å². The predicted octanol–water partition coefficient (Wildman–Crippen LogP) is 2.52. The number of carbonyl (C=O) groups excluding carboxylic acids is 1. The van der Waals surface area contributed by atoms with E-state index in [1.54, 1.807) is 6.33 Å². The fraction of sp³-hybridized carbons (Fsp3) is 0.588. The first-order valence-corrected chi connectivity index (χ1v) is 8.42. The number of alkyl carbamates (subject to hydrolysis) is 1. The number of hydrogen-bond acceptors (Lipinski definition) is 5. The summed E-state index contributed by atoms with van der Waals surface area (Å²) in [5.41, 5.74) is 1.10. The predicted molar refractivity (Wildman–Crippen MR) is 91.6 cm³/mol. The van der Waals surface area contributed by atoms with Gasteiger partial charge in [0.05, 0.1) is 11.7 Å². The van der Waals surface area contributed by atoms with Crippen LogP contribution < -0.4 is 10.6 Å². The largest absolute Gasteiger partial charge is 0.444 e. The maximum Gasteiger partial charge on any atom is 0.408 e. The number of aromatic amines is 1. The highest BCUT2D eigenvalue weighted by atomic mass is 16.6. The van der Waals surface area contributed by atoms with Crippen molar-refractivity contribution >= 4 is 17.1 Å². The van der Waals surface area contributed by atoms with E-state index < -0.39 is 11.7 Å². The van der Waals surface area contributed by atoms with Crippen molar-refractivity contribution in [1.82, 2.24) is 25.6 Å². The summed E-state index contributed by atoms with van der Waals surface area (Å²) in [5.74, 6) is 0.312. The normalized spacial score (nSPS) is 17.6. The molecule has 2 aromatic heterocycles. The molecule has 0 radical (unpaired) electrons. The van der Waals surface area contributed by atoms with Crippen molar-refractivity contribution in [1.29, 1.82) is 0 Å². The maximum absolute atomic E-state index is 12.4. The van der Waals surface area contributed by atoms with Gasteiger partial charge in [-0.3, -0.25) is 0 Å². The first kappa shape index (κ1) is 16.7. The van der Waals surface area contributed by atoms with Gasteiger partial charge in [-0.1, -0.05) is 0 Å². The van der Waals surface area contributed by atoms with Gasteiger partial charge in [0, 0.05) is 11.6 Å². The maximum atomic E-state index is 12.4. The van der Waals surface area contributed by atoms with Gasteiger partial charge in [0.1, 0.15) is 17.6 Å². The number of fused-ring (bicyclic) bond motifs is 1. The summed E-state index contributed by atoms with van der Waals surface area (Å²) in [7, 11) is 0. The Kier molecular flexibility index (Phi) is 4.71. The van der Waals surface area contributed by atoms with Gasteiger partial charge in [-0.05, 0) is 58.7 Å². The lowest BCUT2D eigenvalue weighted by Crippen LogP contribution is -2.41. The molecule has 7 nitrogen and oxygen atoms in total. The highest BCUT2D eigenvalue weighted by molar-refractivity contribution is 5.79. The second-order valence-corrected chi connectivity index (χ2v) is 7.21. The summed E-state index contributed by atoms with van der Waals surface area (Å²) in [6.45, 7) is 7.47. The van der Waals surface area contributed by atoms with Crippen LogP contribution in [0.25, 0.3) is 11.0 Å². The molecule has 24 heavy (non-hydrogen) atoms. The minimum Gasteiger partial charge on any atom is -0.444 e. The van der Waals surface area contributed by atoms with Crippen LogP contribution in [0.5, 0.6) is 0 Å². The number of amides is 1. The van der Waals surface area contributed by atoms with Crippen molar-refractivity contribution < 1.29 is 9.53 Å². The summed E-state index contributed by atoms with van der Waals surface area (Å²) in [5, 5.41) is 7.35. The molecular formula is C17H25N5O2. The first-order valence-electron chi connectivity index (χ1n) is 8.42. The number of H-pyrrole nitrogens is 1. The van der Waals surface area contributed by atoms with Crippen molar-refractivity contribution in [2.24, 2.45) is 5.92 Å². The number of nitrogens with zero attached hydrogens (tertiary/aromatic N) is 2. The Hall–Kier alpha value is -2.15. The molecule has 3 heterocycles. The Morgan fingerprint density at radius 1 is 1.33 bits per heavy atom. The van der Waals surface area contributed by atoms with Gasteiger partial charge in [0.2, 0.25) is 0 Å². The molecule has 2 aromatic rings. The average molecular weight is 331 g/mol. The number of carbonyl (C=O) groups is 1. The Bertz CT molecular complexity index is 700. The number of rotatable bonds is 3. The van der Waals surface area contributed by atoms with Crippen LogP contribution in [0, 0.1) is 5.92 Å². The SMILES string of the molecule is CC(C)(C)OC(=O)NC(c1ncnc2[nH]ccc12)C1CCNCC1. The highest BCUT2D eigenvalue weighted by Gasteiger charge is 2.30. The van der Waals surface area contributed by atoms with Crippen molar-refractivity contribution in [3.8, 4) is 0 Å². The summed E-state index contributed by atoms with van der Waals surface area (Å²) < 4.78 is 5.46.